The van der Waals surface area contributed by atoms with Gasteiger partial charge in [-0.05, 0) is 36.2 Å². The monoisotopic (exact) mass is 345 g/mol. The Labute approximate surface area is 133 Å². The zero-order valence-corrected chi connectivity index (χ0v) is 13.4. The number of hydrogen-bond donors (Lipinski definition) is 2. The molecule has 21 heavy (non-hydrogen) atoms. The number of rotatable bonds is 4. The number of sulfonamides is 1. The summed E-state index contributed by atoms with van der Waals surface area (Å²) in [4.78, 5) is -0.102. The van der Waals surface area contributed by atoms with Gasteiger partial charge in [0.25, 0.3) is 10.0 Å². The highest BCUT2D eigenvalue weighted by Gasteiger charge is 2.20. The Balaban J connectivity index is 2.48. The Morgan fingerprint density at radius 1 is 1.14 bits per heavy atom. The first-order valence-electron chi connectivity index (χ1n) is 6.02. The molecule has 2 rings (SSSR count). The average molecular weight is 346 g/mol. The molecule has 0 heterocycles. The van der Waals surface area contributed by atoms with Crippen molar-refractivity contribution < 1.29 is 13.5 Å². The summed E-state index contributed by atoms with van der Waals surface area (Å²) in [5.74, 6) is 0. The lowest BCUT2D eigenvalue weighted by Gasteiger charge is -2.13. The molecule has 0 aliphatic rings. The highest BCUT2D eigenvalue weighted by atomic mass is 35.5. The number of aliphatic hydroxyl groups is 1. The second-order valence-electron chi connectivity index (χ2n) is 4.46. The molecule has 0 amide bonds. The molecule has 0 saturated heterocycles. The lowest BCUT2D eigenvalue weighted by molar-refractivity contribution is 0.281. The van der Waals surface area contributed by atoms with Gasteiger partial charge >= 0.3 is 0 Å². The van der Waals surface area contributed by atoms with E-state index in [0.29, 0.717) is 21.8 Å². The van der Waals surface area contributed by atoms with Crippen molar-refractivity contribution in [2.75, 3.05) is 4.72 Å². The quantitative estimate of drug-likeness (QED) is 0.889. The van der Waals surface area contributed by atoms with Gasteiger partial charge in [0.1, 0.15) is 4.90 Å². The van der Waals surface area contributed by atoms with Crippen LogP contribution in [0.4, 0.5) is 5.69 Å². The fraction of sp³-hybridized carbons (Fsp3) is 0.143. The average Bonchev–Trinajstić information content (AvgIpc) is 2.43. The predicted molar refractivity (Wildman–Crippen MR) is 84.4 cm³/mol. The number of hydrogen-bond acceptors (Lipinski definition) is 3. The van der Waals surface area contributed by atoms with E-state index in [1.165, 1.54) is 12.1 Å². The minimum Gasteiger partial charge on any atom is -0.392 e. The molecule has 0 fully saturated rings. The van der Waals surface area contributed by atoms with Crippen LogP contribution in [-0.2, 0) is 16.6 Å². The van der Waals surface area contributed by atoms with Crippen LogP contribution in [0.5, 0.6) is 0 Å². The molecule has 2 N–H and O–H groups in total. The topological polar surface area (TPSA) is 66.4 Å². The summed E-state index contributed by atoms with van der Waals surface area (Å²) >= 11 is 12.0. The van der Waals surface area contributed by atoms with Crippen molar-refractivity contribution in [3.63, 3.8) is 0 Å². The Morgan fingerprint density at radius 2 is 1.86 bits per heavy atom. The van der Waals surface area contributed by atoms with Gasteiger partial charge in [-0.3, -0.25) is 4.72 Å². The maximum Gasteiger partial charge on any atom is 0.263 e. The molecule has 2 aromatic carbocycles. The van der Waals surface area contributed by atoms with E-state index in [1.807, 2.05) is 0 Å². The van der Waals surface area contributed by atoms with Crippen molar-refractivity contribution in [1.29, 1.82) is 0 Å². The lowest BCUT2D eigenvalue weighted by Crippen LogP contribution is -2.15. The molecule has 0 spiro atoms. The van der Waals surface area contributed by atoms with Gasteiger partial charge in [0.05, 0.1) is 22.3 Å². The third-order valence-corrected chi connectivity index (χ3v) is 5.07. The van der Waals surface area contributed by atoms with Crippen LogP contribution < -0.4 is 4.72 Å². The molecule has 112 valence electrons. The van der Waals surface area contributed by atoms with Crippen LogP contribution in [0, 0.1) is 6.92 Å². The van der Waals surface area contributed by atoms with E-state index in [9.17, 15) is 8.42 Å². The van der Waals surface area contributed by atoms with E-state index in [4.69, 9.17) is 28.3 Å². The van der Waals surface area contributed by atoms with Crippen molar-refractivity contribution in [2.24, 2.45) is 0 Å². The van der Waals surface area contributed by atoms with E-state index < -0.39 is 10.0 Å². The molecule has 0 saturated carbocycles. The van der Waals surface area contributed by atoms with E-state index >= 15 is 0 Å². The Kier molecular flexibility index (Phi) is 4.78. The Bertz CT molecular complexity index is 756. The fourth-order valence-electron chi connectivity index (χ4n) is 1.80. The van der Waals surface area contributed by atoms with Crippen LogP contribution in [0.2, 0.25) is 10.0 Å². The van der Waals surface area contributed by atoms with Gasteiger partial charge in [-0.25, -0.2) is 8.42 Å². The normalized spacial score (nSPS) is 11.4. The fourth-order valence-corrected chi connectivity index (χ4v) is 3.83. The first-order valence-corrected chi connectivity index (χ1v) is 8.26. The summed E-state index contributed by atoms with van der Waals surface area (Å²) in [5, 5.41) is 9.49. The number of halogens is 2. The Morgan fingerprint density at radius 3 is 2.48 bits per heavy atom. The molecule has 0 radical (unpaired) electrons. The van der Waals surface area contributed by atoms with Crippen molar-refractivity contribution in [3.05, 3.63) is 57.6 Å². The number of anilines is 1. The number of para-hydroxylation sites is 1. The molecule has 2 aromatic rings. The highest BCUT2D eigenvalue weighted by molar-refractivity contribution is 7.92. The maximum atomic E-state index is 12.5. The SMILES string of the molecule is Cc1cccc(Cl)c1NS(=O)(=O)c1cc(CO)ccc1Cl. The van der Waals surface area contributed by atoms with Gasteiger partial charge < -0.3 is 5.11 Å². The molecular formula is C14H13Cl2NO3S. The van der Waals surface area contributed by atoms with Gasteiger partial charge in [0.15, 0.2) is 0 Å². The first-order chi connectivity index (χ1) is 9.85. The third-order valence-electron chi connectivity index (χ3n) is 2.93. The highest BCUT2D eigenvalue weighted by Crippen LogP contribution is 2.30. The number of aliphatic hydroxyl groups excluding tert-OH is 1. The maximum absolute atomic E-state index is 12.5. The number of benzene rings is 2. The van der Waals surface area contributed by atoms with Crippen LogP contribution in [0.25, 0.3) is 0 Å². The summed E-state index contributed by atoms with van der Waals surface area (Å²) in [6.07, 6.45) is 0. The summed E-state index contributed by atoms with van der Waals surface area (Å²) in [7, 11) is -3.90. The summed E-state index contributed by atoms with van der Waals surface area (Å²) in [5.41, 5.74) is 1.46. The summed E-state index contributed by atoms with van der Waals surface area (Å²) in [6.45, 7) is 1.47. The largest absolute Gasteiger partial charge is 0.392 e. The van der Waals surface area contributed by atoms with E-state index in [1.54, 1.807) is 31.2 Å². The zero-order chi connectivity index (χ0) is 15.6. The van der Waals surface area contributed by atoms with Crippen molar-refractivity contribution >= 4 is 38.9 Å². The molecule has 4 nitrogen and oxygen atoms in total. The molecule has 0 aromatic heterocycles. The van der Waals surface area contributed by atoms with E-state index in [2.05, 4.69) is 4.72 Å². The molecule has 7 heteroatoms. The molecule has 0 unspecified atom stereocenters. The van der Waals surface area contributed by atoms with Crippen LogP contribution in [0.1, 0.15) is 11.1 Å². The number of nitrogens with one attached hydrogen (secondary N) is 1. The van der Waals surface area contributed by atoms with Crippen molar-refractivity contribution in [3.8, 4) is 0 Å². The molecule has 0 bridgehead atoms. The number of aryl methyl sites for hydroxylation is 1. The minimum atomic E-state index is -3.90. The molecule has 0 atom stereocenters. The lowest BCUT2D eigenvalue weighted by atomic mass is 10.2. The van der Waals surface area contributed by atoms with Crippen LogP contribution in [-0.4, -0.2) is 13.5 Å². The van der Waals surface area contributed by atoms with Crippen molar-refractivity contribution in [2.45, 2.75) is 18.4 Å². The van der Waals surface area contributed by atoms with E-state index in [0.717, 1.165) is 0 Å². The standard InChI is InChI=1S/C14H13Cl2NO3S/c1-9-3-2-4-12(16)14(9)17-21(19,20)13-7-10(8-18)5-6-11(13)15/h2-7,17-18H,8H2,1H3. The van der Waals surface area contributed by atoms with Gasteiger partial charge in [0.2, 0.25) is 0 Å². The van der Waals surface area contributed by atoms with E-state index in [-0.39, 0.29) is 16.5 Å². The second-order valence-corrected chi connectivity index (χ2v) is 6.93. The summed E-state index contributed by atoms with van der Waals surface area (Å²) in [6, 6.07) is 9.39. The van der Waals surface area contributed by atoms with Crippen molar-refractivity contribution in [1.82, 2.24) is 0 Å². The third kappa shape index (κ3) is 3.49. The van der Waals surface area contributed by atoms with Crippen LogP contribution in [0.3, 0.4) is 0 Å². The second kappa shape index (κ2) is 6.23. The van der Waals surface area contributed by atoms with Gasteiger partial charge in [-0.2, -0.15) is 0 Å². The molecule has 0 aliphatic carbocycles. The van der Waals surface area contributed by atoms with Crippen LogP contribution >= 0.6 is 23.2 Å². The first kappa shape index (κ1) is 16.1. The van der Waals surface area contributed by atoms with Crippen LogP contribution in [0.15, 0.2) is 41.3 Å². The van der Waals surface area contributed by atoms with Gasteiger partial charge in [-0.1, -0.05) is 41.4 Å². The Hall–Kier alpha value is -1.27. The predicted octanol–water partition coefficient (Wildman–Crippen LogP) is 3.59. The molecule has 0 aliphatic heterocycles. The zero-order valence-electron chi connectivity index (χ0n) is 11.1. The van der Waals surface area contributed by atoms with Gasteiger partial charge in [0, 0.05) is 0 Å². The van der Waals surface area contributed by atoms with Gasteiger partial charge in [-0.15, -0.1) is 0 Å². The minimum absolute atomic E-state index is 0.0735. The smallest absolute Gasteiger partial charge is 0.263 e. The summed E-state index contributed by atoms with van der Waals surface area (Å²) < 4.78 is 27.4. The molecular weight excluding hydrogens is 333 g/mol.